The van der Waals surface area contributed by atoms with Gasteiger partial charge in [-0.2, -0.15) is 4.98 Å². The molecule has 0 atom stereocenters. The molecular weight excluding hydrogens is 296 g/mol. The summed E-state index contributed by atoms with van der Waals surface area (Å²) in [6, 6.07) is 10.8. The van der Waals surface area contributed by atoms with Crippen molar-refractivity contribution < 1.29 is 8.42 Å². The van der Waals surface area contributed by atoms with Crippen LogP contribution in [0.2, 0.25) is 0 Å². The van der Waals surface area contributed by atoms with Gasteiger partial charge in [0, 0.05) is 11.6 Å². The molecule has 0 aliphatic rings. The summed E-state index contributed by atoms with van der Waals surface area (Å²) in [6.07, 6.45) is 1.14. The van der Waals surface area contributed by atoms with Gasteiger partial charge in [-0.15, -0.1) is 11.3 Å². The number of thiophene rings is 1. The molecule has 20 heavy (non-hydrogen) atoms. The topological polar surface area (TPSA) is 79.9 Å². The van der Waals surface area contributed by atoms with Crippen molar-refractivity contribution in [3.63, 3.8) is 0 Å². The van der Waals surface area contributed by atoms with Crippen molar-refractivity contribution in [1.82, 2.24) is 9.97 Å². The van der Waals surface area contributed by atoms with Crippen LogP contribution in [0.3, 0.4) is 0 Å². The number of sulfone groups is 1. The van der Waals surface area contributed by atoms with Crippen molar-refractivity contribution in [3.05, 3.63) is 46.9 Å². The molecule has 0 fully saturated rings. The minimum Gasteiger partial charge on any atom is -0.305 e. The molecule has 7 heteroatoms. The van der Waals surface area contributed by atoms with Crippen molar-refractivity contribution in [2.75, 3.05) is 6.26 Å². The normalized spacial score (nSPS) is 11.8. The molecule has 0 bridgehead atoms. The van der Waals surface area contributed by atoms with Gasteiger partial charge >= 0.3 is 5.69 Å². The highest BCUT2D eigenvalue weighted by atomic mass is 32.2. The minimum absolute atomic E-state index is 0.205. The average molecular weight is 306 g/mol. The van der Waals surface area contributed by atoms with E-state index in [9.17, 15) is 13.2 Å². The number of rotatable bonds is 2. The Bertz CT molecular complexity index is 941. The van der Waals surface area contributed by atoms with Gasteiger partial charge in [0.2, 0.25) is 0 Å². The number of benzene rings is 1. The van der Waals surface area contributed by atoms with Crippen molar-refractivity contribution >= 4 is 31.4 Å². The van der Waals surface area contributed by atoms with Crippen LogP contribution < -0.4 is 5.69 Å². The maximum Gasteiger partial charge on any atom is 0.346 e. The average Bonchev–Trinajstić information content (AvgIpc) is 2.82. The quantitative estimate of drug-likeness (QED) is 0.786. The number of hydrogen-bond donors (Lipinski definition) is 1. The van der Waals surface area contributed by atoms with E-state index in [4.69, 9.17) is 0 Å². The molecule has 0 spiro atoms. The number of hydrogen-bond acceptors (Lipinski definition) is 5. The number of nitrogens with zero attached hydrogens (tertiary/aromatic N) is 1. The summed E-state index contributed by atoms with van der Waals surface area (Å²) in [5.41, 5.74) is 0.917. The molecule has 2 aromatic heterocycles. The fourth-order valence-corrected chi connectivity index (χ4v) is 3.87. The number of aromatic amines is 1. The molecule has 0 aliphatic heterocycles. The van der Waals surface area contributed by atoms with Gasteiger partial charge in [-0.1, -0.05) is 30.3 Å². The Balaban J connectivity index is 2.38. The third kappa shape index (κ3) is 2.25. The Labute approximate surface area is 118 Å². The molecule has 3 rings (SSSR count). The molecule has 0 amide bonds. The number of aromatic nitrogens is 2. The van der Waals surface area contributed by atoms with E-state index in [1.165, 1.54) is 0 Å². The maximum absolute atomic E-state index is 11.6. The zero-order valence-corrected chi connectivity index (χ0v) is 12.1. The van der Waals surface area contributed by atoms with Gasteiger partial charge in [0.25, 0.3) is 0 Å². The molecule has 1 aromatic carbocycles. The van der Waals surface area contributed by atoms with Gasteiger partial charge in [-0.05, 0) is 11.6 Å². The lowest BCUT2D eigenvalue weighted by molar-refractivity contribution is 0.604. The van der Waals surface area contributed by atoms with E-state index in [0.717, 1.165) is 23.2 Å². The van der Waals surface area contributed by atoms with Gasteiger partial charge < -0.3 is 4.98 Å². The summed E-state index contributed by atoms with van der Waals surface area (Å²) in [4.78, 5) is 18.6. The molecule has 5 nitrogen and oxygen atoms in total. The Kier molecular flexibility index (Phi) is 2.95. The van der Waals surface area contributed by atoms with Crippen molar-refractivity contribution in [3.8, 4) is 11.3 Å². The van der Waals surface area contributed by atoms with E-state index in [2.05, 4.69) is 9.97 Å². The highest BCUT2D eigenvalue weighted by molar-refractivity contribution is 7.92. The molecule has 3 aromatic rings. The Morgan fingerprint density at radius 1 is 1.20 bits per heavy atom. The number of fused-ring (bicyclic) bond motifs is 1. The van der Waals surface area contributed by atoms with Crippen LogP contribution in [-0.4, -0.2) is 24.6 Å². The molecule has 0 aliphatic carbocycles. The molecule has 2 heterocycles. The first-order valence-corrected chi connectivity index (χ1v) is 8.45. The van der Waals surface area contributed by atoms with Crippen LogP contribution >= 0.6 is 11.3 Å². The van der Waals surface area contributed by atoms with Crippen molar-refractivity contribution in [2.45, 2.75) is 4.21 Å². The maximum atomic E-state index is 11.6. The van der Waals surface area contributed by atoms with Gasteiger partial charge in [-0.3, -0.25) is 0 Å². The predicted octanol–water partition coefficient (Wildman–Crippen LogP) is 2.06. The largest absolute Gasteiger partial charge is 0.346 e. The summed E-state index contributed by atoms with van der Waals surface area (Å²) >= 11 is 1.01. The second kappa shape index (κ2) is 4.53. The highest BCUT2D eigenvalue weighted by Gasteiger charge is 2.16. The summed E-state index contributed by atoms with van der Waals surface area (Å²) in [6.45, 7) is 0. The van der Waals surface area contributed by atoms with Gasteiger partial charge in [-0.25, -0.2) is 13.2 Å². The molecule has 0 saturated carbocycles. The summed E-state index contributed by atoms with van der Waals surface area (Å²) in [5.74, 6) is 0. The predicted molar refractivity (Wildman–Crippen MR) is 78.8 cm³/mol. The number of nitrogens with one attached hydrogen (secondary N) is 1. The van der Waals surface area contributed by atoms with Gasteiger partial charge in [0.1, 0.15) is 9.04 Å². The zero-order chi connectivity index (χ0) is 14.3. The standard InChI is InChI=1S/C13H10N2O3S2/c1-20(17,18)10-7-9-11(8-5-3-2-4-6-8)14-13(16)15-12(9)19-10/h2-7H,1H3,(H,14,15,16). The lowest BCUT2D eigenvalue weighted by Crippen LogP contribution is -2.10. The lowest BCUT2D eigenvalue weighted by Gasteiger charge is -2.01. The first-order valence-electron chi connectivity index (χ1n) is 5.74. The van der Waals surface area contributed by atoms with E-state index in [0.29, 0.717) is 15.9 Å². The Hall–Kier alpha value is -1.99. The SMILES string of the molecule is CS(=O)(=O)c1cc2c(-c3ccccc3)[nH]c(=O)nc2s1. The number of H-pyrrole nitrogens is 1. The fourth-order valence-electron chi connectivity index (χ4n) is 1.93. The van der Waals surface area contributed by atoms with Gasteiger partial charge in [0.15, 0.2) is 9.84 Å². The van der Waals surface area contributed by atoms with Crippen LogP contribution in [0, 0.1) is 0 Å². The fraction of sp³-hybridized carbons (Fsp3) is 0.0769. The van der Waals surface area contributed by atoms with E-state index in [1.54, 1.807) is 6.07 Å². The van der Waals surface area contributed by atoms with Crippen molar-refractivity contribution in [2.24, 2.45) is 0 Å². The minimum atomic E-state index is -3.31. The molecule has 0 saturated heterocycles. The summed E-state index contributed by atoms with van der Waals surface area (Å²) in [5, 5.41) is 0.640. The van der Waals surface area contributed by atoms with E-state index < -0.39 is 15.5 Å². The zero-order valence-electron chi connectivity index (χ0n) is 10.5. The molecular formula is C13H10N2O3S2. The molecule has 102 valence electrons. The van der Waals surface area contributed by atoms with Crippen LogP contribution in [0.4, 0.5) is 0 Å². The molecule has 0 unspecified atom stereocenters. The highest BCUT2D eigenvalue weighted by Crippen LogP contribution is 2.32. The first-order chi connectivity index (χ1) is 9.45. The van der Waals surface area contributed by atoms with Crippen LogP contribution in [-0.2, 0) is 9.84 Å². The Morgan fingerprint density at radius 2 is 1.90 bits per heavy atom. The summed E-state index contributed by atoms with van der Waals surface area (Å²) < 4.78 is 23.5. The lowest BCUT2D eigenvalue weighted by atomic mass is 10.1. The third-order valence-electron chi connectivity index (χ3n) is 2.82. The summed E-state index contributed by atoms with van der Waals surface area (Å²) in [7, 11) is -3.31. The van der Waals surface area contributed by atoms with Crippen molar-refractivity contribution in [1.29, 1.82) is 0 Å². The van der Waals surface area contributed by atoms with Crippen LogP contribution in [0.15, 0.2) is 45.4 Å². The van der Waals surface area contributed by atoms with E-state index in [1.807, 2.05) is 30.3 Å². The first kappa shape index (κ1) is 13.0. The second-order valence-electron chi connectivity index (χ2n) is 4.34. The van der Waals surface area contributed by atoms with E-state index >= 15 is 0 Å². The smallest absolute Gasteiger partial charge is 0.305 e. The third-order valence-corrected chi connectivity index (χ3v) is 5.65. The monoisotopic (exact) mass is 306 g/mol. The van der Waals surface area contributed by atoms with Crippen LogP contribution in [0.25, 0.3) is 21.5 Å². The van der Waals surface area contributed by atoms with Crippen LogP contribution in [0.1, 0.15) is 0 Å². The second-order valence-corrected chi connectivity index (χ2v) is 7.61. The molecule has 1 N–H and O–H groups in total. The molecule has 0 radical (unpaired) electrons. The Morgan fingerprint density at radius 3 is 2.55 bits per heavy atom. The van der Waals surface area contributed by atoms with Crippen LogP contribution in [0.5, 0.6) is 0 Å². The van der Waals surface area contributed by atoms with E-state index in [-0.39, 0.29) is 4.21 Å². The van der Waals surface area contributed by atoms with Gasteiger partial charge in [0.05, 0.1) is 5.69 Å².